The Morgan fingerprint density at radius 1 is 1.11 bits per heavy atom. The second kappa shape index (κ2) is 9.51. The van der Waals surface area contributed by atoms with Crippen LogP contribution in [0.3, 0.4) is 0 Å². The van der Waals surface area contributed by atoms with Crippen molar-refractivity contribution in [3.8, 4) is 0 Å². The van der Waals surface area contributed by atoms with Crippen molar-refractivity contribution in [1.82, 2.24) is 14.8 Å². The molecule has 3 rings (SSSR count). The summed E-state index contributed by atoms with van der Waals surface area (Å²) in [5.41, 5.74) is 1.17. The molecule has 2 heterocycles. The van der Waals surface area contributed by atoms with Gasteiger partial charge in [0.25, 0.3) is 0 Å². The van der Waals surface area contributed by atoms with E-state index >= 15 is 0 Å². The van der Waals surface area contributed by atoms with Gasteiger partial charge in [0.05, 0.1) is 5.69 Å². The lowest BCUT2D eigenvalue weighted by atomic mass is 10.0. The van der Waals surface area contributed by atoms with Gasteiger partial charge in [0.2, 0.25) is 11.7 Å². The van der Waals surface area contributed by atoms with Gasteiger partial charge in [0.15, 0.2) is 0 Å². The Bertz CT molecular complexity index is 754. The van der Waals surface area contributed by atoms with Crippen LogP contribution in [0, 0.1) is 0 Å². The first-order valence-corrected chi connectivity index (χ1v) is 9.91. The van der Waals surface area contributed by atoms with Crippen LogP contribution in [-0.2, 0) is 11.3 Å². The second-order valence-corrected chi connectivity index (χ2v) is 7.30. The van der Waals surface area contributed by atoms with Gasteiger partial charge in [-0.3, -0.25) is 9.59 Å². The van der Waals surface area contributed by atoms with Gasteiger partial charge >= 0.3 is 0 Å². The Balaban J connectivity index is 1.46. The SMILES string of the molecule is C[C@H]1CCCCN1CCCNC(=O)Cn1cccc1C(=O)c1ccccc1. The van der Waals surface area contributed by atoms with E-state index in [-0.39, 0.29) is 18.2 Å². The molecule has 5 nitrogen and oxygen atoms in total. The Kier molecular flexibility index (Phi) is 6.82. The van der Waals surface area contributed by atoms with Crippen LogP contribution in [-0.4, -0.2) is 46.8 Å². The predicted molar refractivity (Wildman–Crippen MR) is 107 cm³/mol. The number of aromatic nitrogens is 1. The van der Waals surface area contributed by atoms with Crippen molar-refractivity contribution >= 4 is 11.7 Å². The van der Waals surface area contributed by atoms with Crippen LogP contribution in [0.4, 0.5) is 0 Å². The van der Waals surface area contributed by atoms with Crippen molar-refractivity contribution in [3.63, 3.8) is 0 Å². The molecule has 1 aliphatic heterocycles. The van der Waals surface area contributed by atoms with Crippen molar-refractivity contribution < 1.29 is 9.59 Å². The van der Waals surface area contributed by atoms with Gasteiger partial charge in [0, 0.05) is 30.9 Å². The topological polar surface area (TPSA) is 54.3 Å². The van der Waals surface area contributed by atoms with Crippen molar-refractivity contribution in [2.24, 2.45) is 0 Å². The van der Waals surface area contributed by atoms with Crippen LogP contribution in [0.5, 0.6) is 0 Å². The third-order valence-electron chi connectivity index (χ3n) is 5.30. The molecule has 27 heavy (non-hydrogen) atoms. The van der Waals surface area contributed by atoms with Gasteiger partial charge in [-0.15, -0.1) is 0 Å². The first kappa shape index (κ1) is 19.4. The van der Waals surface area contributed by atoms with E-state index < -0.39 is 0 Å². The number of hydrogen-bond acceptors (Lipinski definition) is 3. The van der Waals surface area contributed by atoms with Crippen LogP contribution in [0.2, 0.25) is 0 Å². The Morgan fingerprint density at radius 2 is 1.93 bits per heavy atom. The molecule has 1 saturated heterocycles. The van der Waals surface area contributed by atoms with Crippen LogP contribution in [0.25, 0.3) is 0 Å². The zero-order chi connectivity index (χ0) is 19.1. The third kappa shape index (κ3) is 5.30. The van der Waals surface area contributed by atoms with Crippen molar-refractivity contribution in [2.45, 2.75) is 45.2 Å². The second-order valence-electron chi connectivity index (χ2n) is 7.30. The molecule has 1 atom stereocenters. The molecule has 1 aliphatic rings. The first-order valence-electron chi connectivity index (χ1n) is 9.91. The van der Waals surface area contributed by atoms with E-state index in [0.29, 0.717) is 23.8 Å². The number of nitrogens with zero attached hydrogens (tertiary/aromatic N) is 2. The van der Waals surface area contributed by atoms with Gasteiger partial charge in [-0.05, 0) is 44.9 Å². The lowest BCUT2D eigenvalue weighted by molar-refractivity contribution is -0.121. The molecule has 1 N–H and O–H groups in total. The van der Waals surface area contributed by atoms with Crippen molar-refractivity contribution in [1.29, 1.82) is 0 Å². The minimum absolute atomic E-state index is 0.0556. The smallest absolute Gasteiger partial charge is 0.239 e. The van der Waals surface area contributed by atoms with Crippen LogP contribution in [0.1, 0.15) is 48.7 Å². The summed E-state index contributed by atoms with van der Waals surface area (Å²) in [6.45, 7) is 5.33. The third-order valence-corrected chi connectivity index (χ3v) is 5.30. The van der Waals surface area contributed by atoms with Crippen molar-refractivity contribution in [2.75, 3.05) is 19.6 Å². The van der Waals surface area contributed by atoms with Crippen LogP contribution >= 0.6 is 0 Å². The van der Waals surface area contributed by atoms with Gasteiger partial charge in [0.1, 0.15) is 6.54 Å². The molecule has 1 amide bonds. The molecule has 0 radical (unpaired) electrons. The van der Waals surface area contributed by atoms with E-state index in [4.69, 9.17) is 0 Å². The summed E-state index contributed by atoms with van der Waals surface area (Å²) in [6.07, 6.45) is 6.62. The standard InChI is InChI=1S/C22H29N3O2/c1-18-9-5-6-14-24(18)16-8-13-23-21(26)17-25-15-7-12-20(25)22(27)19-10-3-2-4-11-19/h2-4,7,10-12,15,18H,5-6,8-9,13-14,16-17H2,1H3,(H,23,26)/t18-/m0/s1. The van der Waals surface area contributed by atoms with Gasteiger partial charge < -0.3 is 14.8 Å². The molecular weight excluding hydrogens is 338 g/mol. The molecule has 0 aliphatic carbocycles. The highest BCUT2D eigenvalue weighted by Gasteiger charge is 2.17. The fourth-order valence-corrected chi connectivity index (χ4v) is 3.71. The number of nitrogens with one attached hydrogen (secondary N) is 1. The maximum Gasteiger partial charge on any atom is 0.239 e. The van der Waals surface area contributed by atoms with Crippen LogP contribution in [0.15, 0.2) is 48.7 Å². The number of ketones is 1. The molecule has 2 aromatic rings. The fourth-order valence-electron chi connectivity index (χ4n) is 3.71. The number of piperidine rings is 1. The van der Waals surface area contributed by atoms with E-state index in [1.807, 2.05) is 18.2 Å². The summed E-state index contributed by atoms with van der Waals surface area (Å²) in [5.74, 6) is -0.118. The minimum Gasteiger partial charge on any atom is -0.355 e. The van der Waals surface area contributed by atoms with E-state index in [0.717, 1.165) is 13.0 Å². The van der Waals surface area contributed by atoms with E-state index in [2.05, 4.69) is 17.1 Å². The molecule has 1 aromatic heterocycles. The molecule has 0 bridgehead atoms. The van der Waals surface area contributed by atoms with E-state index in [1.165, 1.54) is 25.8 Å². The Morgan fingerprint density at radius 3 is 2.70 bits per heavy atom. The Hall–Kier alpha value is -2.40. The summed E-state index contributed by atoms with van der Waals surface area (Å²) in [4.78, 5) is 27.4. The first-order chi connectivity index (χ1) is 13.1. The summed E-state index contributed by atoms with van der Waals surface area (Å²) in [6, 6.07) is 13.4. The average molecular weight is 367 g/mol. The number of carbonyl (C=O) groups is 2. The molecule has 0 saturated carbocycles. The number of likely N-dealkylation sites (tertiary alicyclic amines) is 1. The summed E-state index contributed by atoms with van der Waals surface area (Å²) in [5, 5.41) is 2.98. The molecule has 1 fully saturated rings. The van der Waals surface area contributed by atoms with Crippen LogP contribution < -0.4 is 5.32 Å². The number of benzene rings is 1. The van der Waals surface area contributed by atoms with E-state index in [1.54, 1.807) is 35.0 Å². The lowest BCUT2D eigenvalue weighted by Gasteiger charge is -2.33. The fraction of sp³-hybridized carbons (Fsp3) is 0.455. The number of hydrogen-bond donors (Lipinski definition) is 1. The molecular formula is C22H29N3O2. The predicted octanol–water partition coefficient (Wildman–Crippen LogP) is 3.10. The molecule has 1 aromatic carbocycles. The lowest BCUT2D eigenvalue weighted by Crippen LogP contribution is -2.39. The quantitative estimate of drug-likeness (QED) is 0.576. The average Bonchev–Trinajstić information content (AvgIpc) is 3.14. The Labute approximate surface area is 161 Å². The monoisotopic (exact) mass is 367 g/mol. The summed E-state index contributed by atoms with van der Waals surface area (Å²) in [7, 11) is 0. The van der Waals surface area contributed by atoms with Crippen molar-refractivity contribution in [3.05, 3.63) is 59.9 Å². The summed E-state index contributed by atoms with van der Waals surface area (Å²) < 4.78 is 1.72. The normalized spacial score (nSPS) is 17.6. The van der Waals surface area contributed by atoms with Gasteiger partial charge in [-0.2, -0.15) is 0 Å². The number of rotatable bonds is 8. The highest BCUT2D eigenvalue weighted by Crippen LogP contribution is 2.16. The maximum absolute atomic E-state index is 12.6. The molecule has 144 valence electrons. The van der Waals surface area contributed by atoms with Gasteiger partial charge in [-0.25, -0.2) is 0 Å². The van der Waals surface area contributed by atoms with E-state index in [9.17, 15) is 9.59 Å². The highest BCUT2D eigenvalue weighted by molar-refractivity contribution is 6.08. The maximum atomic E-state index is 12.6. The van der Waals surface area contributed by atoms with Gasteiger partial charge in [-0.1, -0.05) is 36.8 Å². The largest absolute Gasteiger partial charge is 0.355 e. The number of amides is 1. The zero-order valence-corrected chi connectivity index (χ0v) is 16.1. The molecule has 0 unspecified atom stereocenters. The summed E-state index contributed by atoms with van der Waals surface area (Å²) >= 11 is 0. The molecule has 0 spiro atoms. The zero-order valence-electron chi connectivity index (χ0n) is 16.1. The minimum atomic E-state index is -0.0625. The molecule has 5 heteroatoms. The number of carbonyl (C=O) groups excluding carboxylic acids is 2. The highest BCUT2D eigenvalue weighted by atomic mass is 16.2.